The number of nitro groups is 3. The van der Waals surface area contributed by atoms with Crippen molar-refractivity contribution in [1.82, 2.24) is 52.3 Å². The normalized spacial score (nSPS) is 15.5. The number of nitrogen functional groups attached to an aromatic ring is 1. The Morgan fingerprint density at radius 2 is 0.748 bits per heavy atom. The van der Waals surface area contributed by atoms with Crippen LogP contribution in [-0.4, -0.2) is 298 Å². The van der Waals surface area contributed by atoms with Crippen LogP contribution in [0.25, 0.3) is 66.1 Å². The Kier molecular flexibility index (Phi) is 37.3. The molecule has 147 heavy (non-hydrogen) atoms. The van der Waals surface area contributed by atoms with Crippen molar-refractivity contribution in [3.63, 3.8) is 0 Å². The van der Waals surface area contributed by atoms with E-state index < -0.39 is 66.4 Å². The fourth-order valence-corrected chi connectivity index (χ4v) is 19.0. The minimum absolute atomic E-state index is 0.0243. The number of nitrogens with zero attached hydrogens (tertiary/aromatic N) is 18. The number of piperazine rings is 5. The number of aromatic nitrogens is 6. The van der Waals surface area contributed by atoms with Crippen molar-refractivity contribution in [1.29, 1.82) is 0 Å². The average Bonchev–Trinajstić information content (AvgIpc) is 1.60. The van der Waals surface area contributed by atoms with Gasteiger partial charge < -0.3 is 83.4 Å². The summed E-state index contributed by atoms with van der Waals surface area (Å²) >= 11 is 0. The number of aromatic amines is 1. The number of ether oxygens (including phenoxy) is 5. The van der Waals surface area contributed by atoms with Crippen molar-refractivity contribution in [3.8, 4) is 22.5 Å². The highest BCUT2D eigenvalue weighted by Gasteiger charge is 2.32. The Labute approximate surface area is 862 Å². The highest BCUT2D eigenvalue weighted by molar-refractivity contribution is 6.76. The fraction of sp³-hybridized carbons (Fsp3) is 0.472. The van der Waals surface area contributed by atoms with Gasteiger partial charge in [0.25, 0.3) is 28.2 Å². The molecule has 5 aliphatic rings. The smallest absolute Gasteiger partial charge is 0.419 e. The molecule has 6 aromatic carbocycles. The Balaban J connectivity index is 0.000000166. The summed E-state index contributed by atoms with van der Waals surface area (Å²) in [6.45, 7) is 54.5. The number of anilines is 6. The van der Waals surface area contributed by atoms with Crippen molar-refractivity contribution >= 4 is 129 Å². The van der Waals surface area contributed by atoms with Gasteiger partial charge in [-0.15, -0.1) is 0 Å². The second-order valence-corrected chi connectivity index (χ2v) is 55.2. The number of H-pyrrole nitrogens is 1. The molecule has 5 saturated heterocycles. The first-order valence-electron chi connectivity index (χ1n) is 50.3. The number of aryl methyl sites for hydroxylation is 2. The molecule has 12 aromatic rings. The second kappa shape index (κ2) is 48.7. The molecule has 39 heteroatoms. The van der Waals surface area contributed by atoms with E-state index in [4.69, 9.17) is 29.4 Å². The molecule has 0 saturated carbocycles. The van der Waals surface area contributed by atoms with Crippen LogP contribution >= 0.6 is 0 Å². The van der Waals surface area contributed by atoms with Crippen molar-refractivity contribution < 1.29 is 57.2 Å². The first-order chi connectivity index (χ1) is 69.2. The molecule has 5 fully saturated rings. The fourth-order valence-electron chi connectivity index (χ4n) is 17.4. The van der Waals surface area contributed by atoms with E-state index in [-0.39, 0.29) is 58.4 Å². The van der Waals surface area contributed by atoms with E-state index in [1.165, 1.54) is 59.7 Å². The predicted octanol–water partition coefficient (Wildman–Crippen LogP) is 18.9. The number of likely N-dealkylation sites (N-methyl/N-ethyl adjacent to an activating group) is 5. The molecule has 17 rings (SSSR count). The Bertz CT molecular complexity index is 6740. The van der Waals surface area contributed by atoms with Gasteiger partial charge in [0.15, 0.2) is 0 Å². The molecule has 3 N–H and O–H groups in total. The Hall–Kier alpha value is -13.1. The maximum atomic E-state index is 13.7. The van der Waals surface area contributed by atoms with E-state index in [1.807, 2.05) is 108 Å². The third-order valence-corrected chi connectivity index (χ3v) is 29.4. The zero-order chi connectivity index (χ0) is 107. The summed E-state index contributed by atoms with van der Waals surface area (Å²) in [4.78, 5) is 125. The largest absolute Gasteiger partial charge is 0.443 e. The highest BCUT2D eigenvalue weighted by atomic mass is 28.3. The average molecular weight is 2060 g/mol. The SMILES string of the molecule is CN1CCN(c2ccc3[nH]ccc3c2)CC1.CN1CCN(c2ccc3c(c2)cc(-c2cc(N)cn(COCC[Si](C)(C)C)c2=O)n3C(=O)OC(C)(C)C)CC1.CN1CCN(c2ccc3c(c2)cc(-c2cc([N+](=O)[O-])cn(COCC[Si](C)(C)C)c2=O)n3C(=O)OC(C)(C)C)CC1.CN1CCN(c2ccc3c(ccn3C(=O)OC(C)(C)C)c2)CC1.Cc1cc(F)ccc1[N+](=O)[O-].Cc1cc(N2CCN(C)CC2)ccc1[N+](=O)[O-]. The molecular formula is C108H149FN20O16Si2. The first-order valence-corrected chi connectivity index (χ1v) is 57.7. The molecule has 36 nitrogen and oxygen atoms in total. The van der Waals surface area contributed by atoms with E-state index in [0.717, 1.165) is 205 Å². The number of benzene rings is 6. The summed E-state index contributed by atoms with van der Waals surface area (Å²) in [6, 6.07) is 45.9. The number of halogens is 1. The van der Waals surface area contributed by atoms with Crippen LogP contribution in [0.15, 0.2) is 180 Å². The molecular weight excluding hydrogens is 1910 g/mol. The number of nitrogens with one attached hydrogen (secondary N) is 1. The van der Waals surface area contributed by atoms with Crippen LogP contribution in [0.3, 0.4) is 0 Å². The topological polar surface area (TPSA) is 360 Å². The Morgan fingerprint density at radius 3 is 1.13 bits per heavy atom. The quantitative estimate of drug-likeness (QED) is 0.0235. The van der Waals surface area contributed by atoms with Crippen LogP contribution in [0.2, 0.25) is 51.4 Å². The third kappa shape index (κ3) is 31.5. The molecule has 0 atom stereocenters. The minimum Gasteiger partial charge on any atom is -0.443 e. The van der Waals surface area contributed by atoms with E-state index in [0.29, 0.717) is 46.8 Å². The Morgan fingerprint density at radius 1 is 0.401 bits per heavy atom. The van der Waals surface area contributed by atoms with Crippen LogP contribution < -0.4 is 41.4 Å². The number of fused-ring (bicyclic) bond motifs is 4. The monoisotopic (exact) mass is 2060 g/mol. The molecule has 11 heterocycles. The van der Waals surface area contributed by atoms with Gasteiger partial charge in [-0.1, -0.05) is 39.3 Å². The molecule has 792 valence electrons. The molecule has 0 aliphatic carbocycles. The van der Waals surface area contributed by atoms with Gasteiger partial charge in [-0.05, 0) is 251 Å². The third-order valence-electron chi connectivity index (χ3n) is 26.0. The lowest BCUT2D eigenvalue weighted by molar-refractivity contribution is -0.385. The van der Waals surface area contributed by atoms with Crippen LogP contribution in [0.4, 0.5) is 70.0 Å². The molecule has 0 bridgehead atoms. The minimum atomic E-state index is -1.36. The van der Waals surface area contributed by atoms with E-state index in [9.17, 15) is 58.7 Å². The zero-order valence-electron chi connectivity index (χ0n) is 89.6. The lowest BCUT2D eigenvalue weighted by Crippen LogP contribution is -2.44. The summed E-state index contributed by atoms with van der Waals surface area (Å²) in [5, 5.41) is 36.8. The van der Waals surface area contributed by atoms with Crippen LogP contribution in [0.5, 0.6) is 0 Å². The van der Waals surface area contributed by atoms with Crippen molar-refractivity contribution in [3.05, 3.63) is 238 Å². The van der Waals surface area contributed by atoms with Gasteiger partial charge in [0, 0.05) is 269 Å². The number of nitro benzene ring substituents is 2. The second-order valence-electron chi connectivity index (χ2n) is 44.0. The van der Waals surface area contributed by atoms with Gasteiger partial charge in [-0.25, -0.2) is 27.9 Å². The lowest BCUT2D eigenvalue weighted by Gasteiger charge is -2.34. The number of hydrogen-bond acceptors (Lipinski definition) is 27. The van der Waals surface area contributed by atoms with Crippen molar-refractivity contribution in [2.75, 3.05) is 210 Å². The predicted molar refractivity (Wildman–Crippen MR) is 592 cm³/mol. The van der Waals surface area contributed by atoms with Gasteiger partial charge in [-0.2, -0.15) is 0 Å². The van der Waals surface area contributed by atoms with Gasteiger partial charge in [0.1, 0.15) is 36.1 Å². The molecule has 0 spiro atoms. The van der Waals surface area contributed by atoms with Crippen LogP contribution in [-0.2, 0) is 37.1 Å². The number of hydrogen-bond donors (Lipinski definition) is 2. The molecule has 0 radical (unpaired) electrons. The van der Waals surface area contributed by atoms with Crippen LogP contribution in [0.1, 0.15) is 73.4 Å². The van der Waals surface area contributed by atoms with E-state index >= 15 is 0 Å². The summed E-state index contributed by atoms with van der Waals surface area (Å²) < 4.78 is 48.0. The van der Waals surface area contributed by atoms with Crippen molar-refractivity contribution in [2.45, 2.75) is 158 Å². The van der Waals surface area contributed by atoms with Crippen LogP contribution in [0, 0.1) is 50.0 Å². The summed E-state index contributed by atoms with van der Waals surface area (Å²) in [5.74, 6) is -0.451. The summed E-state index contributed by atoms with van der Waals surface area (Å²) in [7, 11) is 8.05. The number of carbonyl (C=O) groups is 3. The van der Waals surface area contributed by atoms with E-state index in [1.54, 1.807) is 62.9 Å². The maximum Gasteiger partial charge on any atom is 0.419 e. The highest BCUT2D eigenvalue weighted by Crippen LogP contribution is 2.37. The van der Waals surface area contributed by atoms with Gasteiger partial charge >= 0.3 is 18.3 Å². The summed E-state index contributed by atoms with van der Waals surface area (Å²) in [5.41, 5.74) is 15.0. The molecule has 5 aliphatic heterocycles. The zero-order valence-corrected chi connectivity index (χ0v) is 91.6. The summed E-state index contributed by atoms with van der Waals surface area (Å²) in [6.07, 6.45) is 5.02. The van der Waals surface area contributed by atoms with Gasteiger partial charge in [0.2, 0.25) is 0 Å². The standard InChI is InChI=1S/C29H41N5O6Si.C29H43N5O4Si.C18H25N3O2.C13H17N3.C12H17N3O2.C7H6FNO2/c1-29(2,3)40-28(36)33-25-9-8-22(31-12-10-30(4)11-13-31)16-21(25)17-26(33)24-18-23(34(37)38)19-32(27(24)35)20-39-14-15-41(5,6)7;1-29(2,3)38-28(36)34-25-9-8-23(32-12-10-31(4)11-13-32)16-21(25)17-26(34)24-18-22(30)19-33(27(24)35)20-37-14-15-39(5,6)7;1-18(2,3)23-17(22)21-8-7-14-13-15(5-6-16(14)21)20-11-9-19(4)10-12-20;1-15-6-8-16(9-7-15)12-2-3-13-11(10-12)4-5-14-13;1-10-9-11(3-4-12(10)15(16)17)14-7-5-13(2)6-8-14;1-5-4-6(8)2-3-7(5)9(10)11/h8-9,16-19H,10-15,20H2,1-7H3;8-9,16-19H,10-15,20,30H2,1-7H3;5-8,13H,9-12H2,1-4H3;2-5,10,14H,6-9H2,1H3;3-4,9H,5-8H2,1-2H3;2-4H,1H3. The molecule has 0 amide bonds. The maximum absolute atomic E-state index is 13.7. The van der Waals surface area contributed by atoms with Crippen molar-refractivity contribution in [2.24, 2.45) is 0 Å². The number of rotatable bonds is 20. The molecule has 0 unspecified atom stereocenters. The van der Waals surface area contributed by atoms with Gasteiger partial charge in [0.05, 0.1) is 60.0 Å². The number of carbonyl (C=O) groups excluding carboxylic acids is 3. The molecule has 6 aromatic heterocycles. The van der Waals surface area contributed by atoms with Gasteiger partial charge in [-0.3, -0.25) is 53.6 Å². The van der Waals surface area contributed by atoms with E-state index in [2.05, 4.69) is 171 Å². The lowest BCUT2D eigenvalue weighted by atomic mass is 10.1. The number of pyridine rings is 2. The number of nitrogens with two attached hydrogens (primary N) is 1. The first kappa shape index (κ1) is 113.